The molecular weight excluding hydrogens is 530 g/mol. The van der Waals surface area contributed by atoms with Gasteiger partial charge in [-0.15, -0.1) is 0 Å². The maximum atomic E-state index is 14.0. The van der Waals surface area contributed by atoms with E-state index in [0.29, 0.717) is 24.3 Å². The SMILES string of the molecule is COc1cc(Br)c(C2C3=C(CC(C)(C)CC3=O)N(c3ccccc3)C3=C2C(=O)CC(C)(C)C3)cc1OC. The smallest absolute Gasteiger partial charge is 0.162 e. The average molecular weight is 565 g/mol. The molecule has 2 aliphatic carbocycles. The maximum absolute atomic E-state index is 14.0. The van der Waals surface area contributed by atoms with E-state index in [0.717, 1.165) is 51.1 Å². The Bertz CT molecular complexity index is 1300. The summed E-state index contributed by atoms with van der Waals surface area (Å²) in [6, 6.07) is 13.9. The second-order valence-corrected chi connectivity index (χ2v) is 12.8. The van der Waals surface area contributed by atoms with E-state index in [2.05, 4.69) is 60.7 Å². The van der Waals surface area contributed by atoms with Gasteiger partial charge in [0.2, 0.25) is 0 Å². The molecule has 0 unspecified atom stereocenters. The van der Waals surface area contributed by atoms with Gasteiger partial charge in [0.1, 0.15) is 0 Å². The number of ether oxygens (including phenoxy) is 2. The van der Waals surface area contributed by atoms with Gasteiger partial charge in [0.05, 0.1) is 14.2 Å². The molecule has 5 nitrogen and oxygen atoms in total. The number of allylic oxidation sites excluding steroid dienone is 4. The summed E-state index contributed by atoms with van der Waals surface area (Å²) in [4.78, 5) is 30.3. The minimum absolute atomic E-state index is 0.100. The van der Waals surface area contributed by atoms with Crippen molar-refractivity contribution in [3.63, 3.8) is 0 Å². The molecule has 0 fully saturated rings. The summed E-state index contributed by atoms with van der Waals surface area (Å²) in [6.07, 6.45) is 2.38. The predicted molar refractivity (Wildman–Crippen MR) is 149 cm³/mol. The number of benzene rings is 2. The zero-order valence-electron chi connectivity index (χ0n) is 22.4. The third-order valence-corrected chi connectivity index (χ3v) is 8.43. The highest BCUT2D eigenvalue weighted by atomic mass is 79.9. The zero-order valence-corrected chi connectivity index (χ0v) is 24.0. The molecule has 6 heteroatoms. The van der Waals surface area contributed by atoms with Crippen molar-refractivity contribution in [2.45, 2.75) is 59.3 Å². The van der Waals surface area contributed by atoms with Crippen molar-refractivity contribution >= 4 is 33.2 Å². The lowest BCUT2D eigenvalue weighted by atomic mass is 9.63. The molecule has 0 radical (unpaired) electrons. The second-order valence-electron chi connectivity index (χ2n) is 11.9. The van der Waals surface area contributed by atoms with Crippen LogP contribution in [0.15, 0.2) is 69.5 Å². The van der Waals surface area contributed by atoms with Crippen molar-refractivity contribution in [2.75, 3.05) is 19.1 Å². The van der Waals surface area contributed by atoms with E-state index < -0.39 is 5.92 Å². The van der Waals surface area contributed by atoms with Gasteiger partial charge in [-0.25, -0.2) is 0 Å². The number of anilines is 1. The molecule has 0 atom stereocenters. The number of rotatable bonds is 4. The van der Waals surface area contributed by atoms with Gasteiger partial charge in [0, 0.05) is 51.5 Å². The van der Waals surface area contributed by atoms with Gasteiger partial charge in [-0.05, 0) is 53.5 Å². The van der Waals surface area contributed by atoms with Crippen molar-refractivity contribution in [3.8, 4) is 11.5 Å². The van der Waals surface area contributed by atoms with Crippen LogP contribution in [0.2, 0.25) is 0 Å². The molecule has 5 rings (SSSR count). The van der Waals surface area contributed by atoms with E-state index in [1.165, 1.54) is 0 Å². The Balaban J connectivity index is 1.86. The highest BCUT2D eigenvalue weighted by molar-refractivity contribution is 9.10. The van der Waals surface area contributed by atoms with E-state index >= 15 is 0 Å². The van der Waals surface area contributed by atoms with Crippen molar-refractivity contribution in [2.24, 2.45) is 10.8 Å². The minimum atomic E-state index is -0.466. The summed E-state index contributed by atoms with van der Waals surface area (Å²) in [5.41, 5.74) is 4.93. The third kappa shape index (κ3) is 4.43. The molecule has 0 saturated heterocycles. The Hall–Kier alpha value is -2.86. The van der Waals surface area contributed by atoms with Gasteiger partial charge < -0.3 is 14.4 Å². The number of para-hydroxylation sites is 1. The van der Waals surface area contributed by atoms with E-state index in [1.807, 2.05) is 30.3 Å². The van der Waals surface area contributed by atoms with Gasteiger partial charge in [0.25, 0.3) is 0 Å². The largest absolute Gasteiger partial charge is 0.493 e. The summed E-state index contributed by atoms with van der Waals surface area (Å²) in [5, 5.41) is 0. The number of Topliss-reactive ketones (excluding diaryl/α,β-unsaturated/α-hetero) is 2. The van der Waals surface area contributed by atoms with Crippen LogP contribution in [0.4, 0.5) is 5.69 Å². The highest BCUT2D eigenvalue weighted by Gasteiger charge is 2.49. The topological polar surface area (TPSA) is 55.8 Å². The maximum Gasteiger partial charge on any atom is 0.162 e. The van der Waals surface area contributed by atoms with Gasteiger partial charge in [0.15, 0.2) is 23.1 Å². The number of hydrogen-bond donors (Lipinski definition) is 0. The number of nitrogens with zero attached hydrogens (tertiary/aromatic N) is 1. The van der Waals surface area contributed by atoms with Crippen LogP contribution in [0.3, 0.4) is 0 Å². The molecule has 0 N–H and O–H groups in total. The highest BCUT2D eigenvalue weighted by Crippen LogP contribution is 2.56. The lowest BCUT2D eigenvalue weighted by Crippen LogP contribution is -2.44. The predicted octanol–water partition coefficient (Wildman–Crippen LogP) is 7.36. The fraction of sp³-hybridized carbons (Fsp3) is 0.419. The molecule has 2 aromatic rings. The Kier molecular flexibility index (Phi) is 6.38. The molecule has 1 aliphatic heterocycles. The van der Waals surface area contributed by atoms with Crippen LogP contribution in [0.5, 0.6) is 11.5 Å². The van der Waals surface area contributed by atoms with E-state index in [-0.39, 0.29) is 22.4 Å². The number of carbonyl (C=O) groups is 2. The first kappa shape index (κ1) is 25.8. The molecule has 3 aliphatic rings. The number of ketones is 2. The Morgan fingerprint density at radius 1 is 0.784 bits per heavy atom. The lowest BCUT2D eigenvalue weighted by molar-refractivity contribution is -0.119. The van der Waals surface area contributed by atoms with Crippen LogP contribution in [-0.2, 0) is 9.59 Å². The van der Waals surface area contributed by atoms with Crippen LogP contribution in [0.25, 0.3) is 0 Å². The van der Waals surface area contributed by atoms with Gasteiger partial charge in [-0.1, -0.05) is 61.8 Å². The lowest BCUT2D eigenvalue weighted by Gasteiger charge is -2.49. The van der Waals surface area contributed by atoms with Crippen LogP contribution in [-0.4, -0.2) is 25.8 Å². The first-order valence-corrected chi connectivity index (χ1v) is 13.5. The van der Waals surface area contributed by atoms with Crippen LogP contribution in [0.1, 0.15) is 64.9 Å². The van der Waals surface area contributed by atoms with Gasteiger partial charge in [-0.3, -0.25) is 9.59 Å². The van der Waals surface area contributed by atoms with Gasteiger partial charge >= 0.3 is 0 Å². The van der Waals surface area contributed by atoms with E-state index in [9.17, 15) is 9.59 Å². The monoisotopic (exact) mass is 563 g/mol. The number of carbonyl (C=O) groups excluding carboxylic acids is 2. The van der Waals surface area contributed by atoms with E-state index in [4.69, 9.17) is 9.47 Å². The molecule has 0 saturated carbocycles. The summed E-state index contributed by atoms with van der Waals surface area (Å²) in [6.45, 7) is 8.61. The molecule has 194 valence electrons. The van der Waals surface area contributed by atoms with Crippen LogP contribution < -0.4 is 14.4 Å². The number of methoxy groups -OCH3 is 2. The molecule has 0 amide bonds. The Morgan fingerprint density at radius 3 is 1.76 bits per heavy atom. The summed E-state index contributed by atoms with van der Waals surface area (Å²) < 4.78 is 12.0. The van der Waals surface area contributed by atoms with Crippen molar-refractivity contribution < 1.29 is 19.1 Å². The van der Waals surface area contributed by atoms with Crippen molar-refractivity contribution in [1.29, 1.82) is 0 Å². The van der Waals surface area contributed by atoms with Crippen LogP contribution in [0, 0.1) is 10.8 Å². The molecule has 37 heavy (non-hydrogen) atoms. The number of hydrogen-bond acceptors (Lipinski definition) is 5. The Labute approximate surface area is 227 Å². The van der Waals surface area contributed by atoms with Crippen LogP contribution >= 0.6 is 15.9 Å². The molecular formula is C31H34BrNO4. The quantitative estimate of drug-likeness (QED) is 0.389. The average Bonchev–Trinajstić information content (AvgIpc) is 2.81. The summed E-state index contributed by atoms with van der Waals surface area (Å²) in [5.74, 6) is 0.899. The number of halogens is 1. The Morgan fingerprint density at radius 2 is 1.27 bits per heavy atom. The molecule has 1 heterocycles. The van der Waals surface area contributed by atoms with Gasteiger partial charge in [-0.2, -0.15) is 0 Å². The minimum Gasteiger partial charge on any atom is -0.493 e. The molecule has 0 bridgehead atoms. The summed E-state index contributed by atoms with van der Waals surface area (Å²) >= 11 is 3.75. The standard InChI is InChI=1S/C31H34BrNO4/c1-30(2)14-21-28(23(34)16-30)27(19-12-25(36-5)26(37-6)13-20(19)32)29-22(15-31(3,4)17-24(29)35)33(21)18-10-8-7-9-11-18/h7-13,27H,14-17H2,1-6H3. The van der Waals surface area contributed by atoms with E-state index in [1.54, 1.807) is 14.2 Å². The zero-order chi connectivity index (χ0) is 26.7. The van der Waals surface area contributed by atoms with Crippen molar-refractivity contribution in [3.05, 3.63) is 75.0 Å². The fourth-order valence-corrected chi connectivity index (χ4v) is 6.81. The molecule has 0 aromatic heterocycles. The molecule has 2 aromatic carbocycles. The normalized spacial score (nSPS) is 21.1. The molecule has 0 spiro atoms. The first-order valence-electron chi connectivity index (χ1n) is 12.8. The first-order chi connectivity index (χ1) is 17.5. The summed E-state index contributed by atoms with van der Waals surface area (Å²) in [7, 11) is 3.20. The third-order valence-electron chi connectivity index (χ3n) is 7.74. The fourth-order valence-electron chi connectivity index (χ4n) is 6.26. The second kappa shape index (κ2) is 9.16. The van der Waals surface area contributed by atoms with Crippen molar-refractivity contribution in [1.82, 2.24) is 0 Å².